The molecule has 0 radical (unpaired) electrons. The Morgan fingerprint density at radius 2 is 1.55 bits per heavy atom. The van der Waals surface area contributed by atoms with Gasteiger partial charge in [0.05, 0.1) is 24.3 Å². The third-order valence-electron chi connectivity index (χ3n) is 3.53. The van der Waals surface area contributed by atoms with Crippen molar-refractivity contribution in [3.8, 4) is 11.5 Å². The summed E-state index contributed by atoms with van der Waals surface area (Å²) in [7, 11) is 0. The largest absolute Gasteiger partial charge is 0.490 e. The second-order valence-electron chi connectivity index (χ2n) is 5.23. The molecular weight excluding hydrogens is 276 g/mol. The second kappa shape index (κ2) is 7.75. The van der Waals surface area contributed by atoms with Crippen molar-refractivity contribution >= 4 is 11.6 Å². The molecule has 0 aliphatic rings. The lowest BCUT2D eigenvalue weighted by molar-refractivity contribution is 0.0918. The van der Waals surface area contributed by atoms with Gasteiger partial charge in [-0.3, -0.25) is 0 Å². The lowest BCUT2D eigenvalue weighted by Gasteiger charge is -2.24. The molecule has 1 aromatic rings. The fourth-order valence-electron chi connectivity index (χ4n) is 1.96. The van der Waals surface area contributed by atoms with Crippen LogP contribution in [0.1, 0.15) is 46.3 Å². The van der Waals surface area contributed by atoms with E-state index in [0.717, 1.165) is 0 Å². The first-order chi connectivity index (χ1) is 9.42. The maximum Gasteiger partial charge on any atom is 0.162 e. The lowest BCUT2D eigenvalue weighted by atomic mass is 9.88. The SMILES string of the molecule is CCOc1cc(Cl)c(C(O)C(C)C(C)C)cc1OCC. The molecule has 2 unspecified atom stereocenters. The normalized spacial score (nSPS) is 14.2. The van der Waals surface area contributed by atoms with Crippen molar-refractivity contribution < 1.29 is 14.6 Å². The Labute approximate surface area is 126 Å². The van der Waals surface area contributed by atoms with Crippen LogP contribution >= 0.6 is 11.6 Å². The Morgan fingerprint density at radius 3 is 2.00 bits per heavy atom. The molecule has 0 fully saturated rings. The monoisotopic (exact) mass is 300 g/mol. The molecule has 1 aromatic carbocycles. The summed E-state index contributed by atoms with van der Waals surface area (Å²) < 4.78 is 11.1. The predicted molar refractivity (Wildman–Crippen MR) is 82.8 cm³/mol. The fourth-order valence-corrected chi connectivity index (χ4v) is 2.23. The number of halogens is 1. The number of benzene rings is 1. The first-order valence-electron chi connectivity index (χ1n) is 7.19. The van der Waals surface area contributed by atoms with Gasteiger partial charge in [-0.1, -0.05) is 32.4 Å². The molecule has 4 heteroatoms. The van der Waals surface area contributed by atoms with Crippen LogP contribution in [0.25, 0.3) is 0 Å². The van der Waals surface area contributed by atoms with Crippen LogP contribution in [-0.4, -0.2) is 18.3 Å². The highest BCUT2D eigenvalue weighted by Gasteiger charge is 2.23. The van der Waals surface area contributed by atoms with Crippen LogP contribution in [0, 0.1) is 11.8 Å². The van der Waals surface area contributed by atoms with E-state index in [0.29, 0.717) is 41.2 Å². The van der Waals surface area contributed by atoms with Gasteiger partial charge in [-0.25, -0.2) is 0 Å². The minimum Gasteiger partial charge on any atom is -0.490 e. The molecule has 0 aliphatic heterocycles. The second-order valence-corrected chi connectivity index (χ2v) is 5.64. The Bertz CT molecular complexity index is 432. The van der Waals surface area contributed by atoms with Crippen LogP contribution in [0.4, 0.5) is 0 Å². The van der Waals surface area contributed by atoms with Crippen molar-refractivity contribution in [2.45, 2.75) is 40.7 Å². The fraction of sp³-hybridized carbons (Fsp3) is 0.625. The summed E-state index contributed by atoms with van der Waals surface area (Å²) in [5, 5.41) is 11.0. The summed E-state index contributed by atoms with van der Waals surface area (Å²) in [5.74, 6) is 1.72. The van der Waals surface area contributed by atoms with Gasteiger partial charge in [-0.15, -0.1) is 0 Å². The summed E-state index contributed by atoms with van der Waals surface area (Å²) in [6, 6.07) is 3.52. The van der Waals surface area contributed by atoms with E-state index in [1.165, 1.54) is 0 Å². The van der Waals surface area contributed by atoms with Crippen molar-refractivity contribution in [3.05, 3.63) is 22.7 Å². The van der Waals surface area contributed by atoms with Crippen LogP contribution in [0.2, 0.25) is 5.02 Å². The molecule has 0 aromatic heterocycles. The standard InChI is InChI=1S/C16H25ClO3/c1-6-19-14-8-12(16(18)11(5)10(3)4)13(17)9-15(14)20-7-2/h8-11,16,18H,6-7H2,1-5H3. The number of ether oxygens (including phenoxy) is 2. The molecule has 114 valence electrons. The van der Waals surface area contributed by atoms with Crippen LogP contribution in [0.15, 0.2) is 12.1 Å². The van der Waals surface area contributed by atoms with E-state index in [1.54, 1.807) is 12.1 Å². The summed E-state index contributed by atoms with van der Waals surface area (Å²) in [5.41, 5.74) is 0.694. The number of hydrogen-bond donors (Lipinski definition) is 1. The van der Waals surface area contributed by atoms with Crippen molar-refractivity contribution in [2.24, 2.45) is 11.8 Å². The number of aliphatic hydroxyl groups excluding tert-OH is 1. The van der Waals surface area contributed by atoms with Crippen LogP contribution in [-0.2, 0) is 0 Å². The molecule has 20 heavy (non-hydrogen) atoms. The third-order valence-corrected chi connectivity index (χ3v) is 3.86. The average Bonchev–Trinajstić information content (AvgIpc) is 2.40. The van der Waals surface area contributed by atoms with Crippen molar-refractivity contribution in [1.82, 2.24) is 0 Å². The van der Waals surface area contributed by atoms with E-state index in [-0.39, 0.29) is 5.92 Å². The Kier molecular flexibility index (Phi) is 6.63. The van der Waals surface area contributed by atoms with Gasteiger partial charge < -0.3 is 14.6 Å². The smallest absolute Gasteiger partial charge is 0.162 e. The van der Waals surface area contributed by atoms with Gasteiger partial charge in [0.1, 0.15) is 0 Å². The van der Waals surface area contributed by atoms with Crippen molar-refractivity contribution in [2.75, 3.05) is 13.2 Å². The molecular formula is C16H25ClO3. The molecule has 0 spiro atoms. The summed E-state index contributed by atoms with van der Waals surface area (Å²) in [4.78, 5) is 0. The highest BCUT2D eigenvalue weighted by Crippen LogP contribution is 2.39. The van der Waals surface area contributed by atoms with E-state index in [1.807, 2.05) is 20.8 Å². The number of rotatable bonds is 7. The summed E-state index contributed by atoms with van der Waals surface area (Å²) >= 11 is 6.29. The van der Waals surface area contributed by atoms with Gasteiger partial charge >= 0.3 is 0 Å². The molecule has 1 N–H and O–H groups in total. The maximum atomic E-state index is 10.5. The highest BCUT2D eigenvalue weighted by atomic mass is 35.5. The zero-order valence-corrected chi connectivity index (χ0v) is 13.7. The van der Waals surface area contributed by atoms with Gasteiger partial charge in [0.2, 0.25) is 0 Å². The third kappa shape index (κ3) is 4.03. The quantitative estimate of drug-likeness (QED) is 0.808. The summed E-state index contributed by atoms with van der Waals surface area (Å²) in [6.07, 6.45) is -0.614. The summed E-state index contributed by atoms with van der Waals surface area (Å²) in [6.45, 7) is 11.1. The van der Waals surface area contributed by atoms with Crippen LogP contribution in [0.5, 0.6) is 11.5 Å². The van der Waals surface area contributed by atoms with Crippen molar-refractivity contribution in [3.63, 3.8) is 0 Å². The minimum atomic E-state index is -0.614. The van der Waals surface area contributed by atoms with E-state index >= 15 is 0 Å². The first-order valence-corrected chi connectivity index (χ1v) is 7.57. The van der Waals surface area contributed by atoms with Crippen molar-refractivity contribution in [1.29, 1.82) is 0 Å². The molecule has 0 bridgehead atoms. The van der Waals surface area contributed by atoms with Gasteiger partial charge in [0.15, 0.2) is 11.5 Å². The van der Waals surface area contributed by atoms with Gasteiger partial charge in [0, 0.05) is 11.6 Å². The Morgan fingerprint density at radius 1 is 1.05 bits per heavy atom. The number of aliphatic hydroxyl groups is 1. The molecule has 0 amide bonds. The predicted octanol–water partition coefficient (Wildman–Crippen LogP) is 4.46. The molecule has 1 rings (SSSR count). The van der Waals surface area contributed by atoms with Gasteiger partial charge in [-0.2, -0.15) is 0 Å². The van der Waals surface area contributed by atoms with E-state index in [9.17, 15) is 5.11 Å². The highest BCUT2D eigenvalue weighted by molar-refractivity contribution is 6.31. The molecule has 0 saturated carbocycles. The minimum absolute atomic E-state index is 0.111. The molecule has 2 atom stereocenters. The van der Waals surface area contributed by atoms with E-state index < -0.39 is 6.10 Å². The molecule has 3 nitrogen and oxygen atoms in total. The topological polar surface area (TPSA) is 38.7 Å². The van der Waals surface area contributed by atoms with Gasteiger partial charge in [-0.05, 0) is 31.7 Å². The molecule has 0 saturated heterocycles. The zero-order chi connectivity index (χ0) is 15.3. The van der Waals surface area contributed by atoms with Crippen LogP contribution < -0.4 is 9.47 Å². The number of hydrogen-bond acceptors (Lipinski definition) is 3. The Balaban J connectivity index is 3.17. The van der Waals surface area contributed by atoms with E-state index in [2.05, 4.69) is 13.8 Å². The molecule has 0 aliphatic carbocycles. The molecule has 0 heterocycles. The zero-order valence-electron chi connectivity index (χ0n) is 12.9. The first kappa shape index (κ1) is 17.1. The van der Waals surface area contributed by atoms with Gasteiger partial charge in [0.25, 0.3) is 0 Å². The average molecular weight is 301 g/mol. The van der Waals surface area contributed by atoms with E-state index in [4.69, 9.17) is 21.1 Å². The lowest BCUT2D eigenvalue weighted by Crippen LogP contribution is -2.15. The van der Waals surface area contributed by atoms with Crippen LogP contribution in [0.3, 0.4) is 0 Å². The Hall–Kier alpha value is -0.930. The maximum absolute atomic E-state index is 10.5.